The third kappa shape index (κ3) is 6.76. The first-order valence-electron chi connectivity index (χ1n) is 10.5. The van der Waals surface area contributed by atoms with Crippen molar-refractivity contribution < 1.29 is 41.0 Å². The number of fused-ring (bicyclic) bond motifs is 1. The molecule has 1 heterocycles. The van der Waals surface area contributed by atoms with E-state index >= 15 is 0 Å². The Morgan fingerprint density at radius 2 is 1.46 bits per heavy atom. The van der Waals surface area contributed by atoms with Gasteiger partial charge in [0.15, 0.2) is 5.76 Å². The summed E-state index contributed by atoms with van der Waals surface area (Å²) in [6.45, 7) is 9.19. The minimum atomic E-state index is -3.87. The number of phosphoric ester groups is 2. The first-order valence-corrected chi connectivity index (χ1v) is 13.5. The Morgan fingerprint density at radius 3 is 1.91 bits per heavy atom. The summed E-state index contributed by atoms with van der Waals surface area (Å²) in [5, 5.41) is 5.35. The van der Waals surface area contributed by atoms with Crippen LogP contribution < -0.4 is 4.74 Å². The molecule has 0 aliphatic carbocycles. The number of benzene rings is 1. The van der Waals surface area contributed by atoms with E-state index in [2.05, 4.69) is 0 Å². The third-order valence-electron chi connectivity index (χ3n) is 4.87. The Balaban J connectivity index is 2.84. The molecule has 2 aromatic rings. The number of hydrogen-bond acceptors (Lipinski definition) is 10. The molecule has 0 fully saturated rings. The Morgan fingerprint density at radius 1 is 0.914 bits per heavy atom. The second kappa shape index (κ2) is 11.3. The molecule has 0 radical (unpaired) electrons. The zero-order chi connectivity index (χ0) is 26.6. The quantitative estimate of drug-likeness (QED) is 0.235. The molecule has 0 spiro atoms. The summed E-state index contributed by atoms with van der Waals surface area (Å²) in [7, 11) is -1.24. The van der Waals surface area contributed by atoms with Crippen molar-refractivity contribution in [1.82, 2.24) is 9.78 Å². The highest BCUT2D eigenvalue weighted by Gasteiger charge is 2.33. The second-order valence-corrected chi connectivity index (χ2v) is 12.2. The molecule has 0 unspecified atom stereocenters. The molecule has 0 aliphatic rings. The van der Waals surface area contributed by atoms with E-state index in [1.807, 2.05) is 20.8 Å². The van der Waals surface area contributed by atoms with E-state index in [4.69, 9.17) is 37.0 Å². The van der Waals surface area contributed by atoms with E-state index in [1.54, 1.807) is 45.4 Å². The summed E-state index contributed by atoms with van der Waals surface area (Å²) >= 11 is 0. The van der Waals surface area contributed by atoms with Gasteiger partial charge in [-0.05, 0) is 31.6 Å². The van der Waals surface area contributed by atoms with E-state index in [0.29, 0.717) is 27.9 Å². The minimum absolute atomic E-state index is 0.219. The largest absolute Gasteiger partial charge is 0.529 e. The Bertz CT molecular complexity index is 1190. The molecule has 196 valence electrons. The molecular weight excluding hydrogens is 498 g/mol. The van der Waals surface area contributed by atoms with E-state index in [-0.39, 0.29) is 11.5 Å². The average Bonchev–Trinajstić information content (AvgIpc) is 3.18. The minimum Gasteiger partial charge on any atom is -0.497 e. The Labute approximate surface area is 206 Å². The standard InChI is InChI=1S/C22H34N2O9P2/c1-15(2)21(33-35(26,30-9)31-10)20-17-12-11-16(27-6)13-18(17)24(23-20)14-19(22(3,4)5)32-34(25,28-7)29-8/h11-14H,1-10H3. The van der Waals surface area contributed by atoms with Crippen LogP contribution >= 0.6 is 15.6 Å². The number of aromatic nitrogens is 2. The summed E-state index contributed by atoms with van der Waals surface area (Å²) in [4.78, 5) is 0. The third-order valence-corrected chi connectivity index (χ3v) is 7.49. The van der Waals surface area contributed by atoms with Gasteiger partial charge in [-0.25, -0.2) is 13.8 Å². The van der Waals surface area contributed by atoms with Gasteiger partial charge in [-0.3, -0.25) is 18.1 Å². The SMILES string of the molecule is COc1ccc2c(C(OP(=O)(OC)OC)=C(C)C)nn(C=C(OP(=O)(OC)OC)C(C)(C)C)c2c1. The fraction of sp³-hybridized carbons (Fsp3) is 0.500. The lowest BCUT2D eigenvalue weighted by atomic mass is 9.94. The first-order chi connectivity index (χ1) is 16.3. The number of allylic oxidation sites excluding steroid dienone is 2. The fourth-order valence-electron chi connectivity index (χ4n) is 2.88. The molecule has 13 heteroatoms. The zero-order valence-corrected chi connectivity index (χ0v) is 23.6. The normalized spacial score (nSPS) is 13.1. The van der Waals surface area contributed by atoms with Gasteiger partial charge in [0, 0.05) is 45.3 Å². The van der Waals surface area contributed by atoms with Crippen LogP contribution in [0.3, 0.4) is 0 Å². The van der Waals surface area contributed by atoms with Crippen LogP contribution in [0.25, 0.3) is 22.9 Å². The highest BCUT2D eigenvalue weighted by atomic mass is 31.2. The molecule has 0 amide bonds. The molecule has 1 aromatic carbocycles. The number of nitrogens with zero attached hydrogens (tertiary/aromatic N) is 2. The monoisotopic (exact) mass is 532 g/mol. The van der Waals surface area contributed by atoms with Gasteiger partial charge in [-0.15, -0.1) is 0 Å². The summed E-state index contributed by atoms with van der Waals surface area (Å²) < 4.78 is 63.7. The van der Waals surface area contributed by atoms with Crippen LogP contribution in [-0.4, -0.2) is 45.3 Å². The van der Waals surface area contributed by atoms with Crippen LogP contribution in [0.5, 0.6) is 5.75 Å². The lowest BCUT2D eigenvalue weighted by Crippen LogP contribution is -2.14. The predicted molar refractivity (Wildman–Crippen MR) is 134 cm³/mol. The summed E-state index contributed by atoms with van der Waals surface area (Å²) in [6, 6.07) is 5.33. The van der Waals surface area contributed by atoms with Crippen LogP contribution in [0.2, 0.25) is 0 Å². The van der Waals surface area contributed by atoms with Gasteiger partial charge in [0.05, 0.1) is 18.8 Å². The van der Waals surface area contributed by atoms with Gasteiger partial charge in [-0.1, -0.05) is 20.8 Å². The van der Waals surface area contributed by atoms with Crippen LogP contribution in [0.4, 0.5) is 0 Å². The maximum atomic E-state index is 12.8. The highest BCUT2D eigenvalue weighted by molar-refractivity contribution is 7.49. The Kier molecular flexibility index (Phi) is 9.39. The highest BCUT2D eigenvalue weighted by Crippen LogP contribution is 2.53. The molecule has 35 heavy (non-hydrogen) atoms. The van der Waals surface area contributed by atoms with Crippen molar-refractivity contribution in [2.75, 3.05) is 35.5 Å². The number of ether oxygens (including phenoxy) is 1. The van der Waals surface area contributed by atoms with Crippen molar-refractivity contribution >= 4 is 38.5 Å². The molecule has 11 nitrogen and oxygen atoms in total. The van der Waals surface area contributed by atoms with Gasteiger partial charge in [0.2, 0.25) is 0 Å². The first kappa shape index (κ1) is 29.1. The van der Waals surface area contributed by atoms with E-state index in [1.165, 1.54) is 33.1 Å². The second-order valence-electron chi connectivity index (χ2n) is 8.56. The topological polar surface area (TPSA) is 117 Å². The Hall–Kier alpha value is -2.13. The summed E-state index contributed by atoms with van der Waals surface area (Å²) in [5.41, 5.74) is 1.06. The lowest BCUT2D eigenvalue weighted by molar-refractivity contribution is 0.160. The molecule has 2 rings (SSSR count). The maximum absolute atomic E-state index is 12.8. The van der Waals surface area contributed by atoms with Crippen molar-refractivity contribution in [3.63, 3.8) is 0 Å². The van der Waals surface area contributed by atoms with Gasteiger partial charge in [-0.2, -0.15) is 5.10 Å². The fourth-order valence-corrected chi connectivity index (χ4v) is 4.53. The number of hydrogen-bond donors (Lipinski definition) is 0. The maximum Gasteiger partial charge on any atom is 0.529 e. The van der Waals surface area contributed by atoms with E-state index < -0.39 is 21.1 Å². The smallest absolute Gasteiger partial charge is 0.497 e. The molecular formula is C22H34N2O9P2. The average molecular weight is 532 g/mol. The van der Waals surface area contributed by atoms with Crippen molar-refractivity contribution in [1.29, 1.82) is 0 Å². The predicted octanol–water partition coefficient (Wildman–Crippen LogP) is 6.48. The van der Waals surface area contributed by atoms with E-state index in [9.17, 15) is 9.13 Å². The van der Waals surface area contributed by atoms with Gasteiger partial charge >= 0.3 is 15.6 Å². The number of rotatable bonds is 11. The molecule has 0 N–H and O–H groups in total. The molecule has 0 atom stereocenters. The summed E-state index contributed by atoms with van der Waals surface area (Å²) in [6.07, 6.45) is 1.57. The van der Waals surface area contributed by atoms with Crippen LogP contribution in [0.15, 0.2) is 29.5 Å². The van der Waals surface area contributed by atoms with Gasteiger partial charge < -0.3 is 13.8 Å². The van der Waals surface area contributed by atoms with Crippen LogP contribution in [0, 0.1) is 5.41 Å². The van der Waals surface area contributed by atoms with Crippen molar-refractivity contribution in [3.8, 4) is 5.75 Å². The van der Waals surface area contributed by atoms with Crippen LogP contribution in [0.1, 0.15) is 40.3 Å². The molecule has 0 saturated carbocycles. The van der Waals surface area contributed by atoms with Gasteiger partial charge in [0.25, 0.3) is 0 Å². The van der Waals surface area contributed by atoms with Gasteiger partial charge in [0.1, 0.15) is 17.2 Å². The van der Waals surface area contributed by atoms with Crippen molar-refractivity contribution in [2.24, 2.45) is 5.41 Å². The van der Waals surface area contributed by atoms with Crippen molar-refractivity contribution in [2.45, 2.75) is 34.6 Å². The molecule has 0 saturated heterocycles. The number of phosphoric acid groups is 2. The zero-order valence-electron chi connectivity index (χ0n) is 21.8. The number of methoxy groups -OCH3 is 1. The van der Waals surface area contributed by atoms with Crippen molar-refractivity contribution in [3.05, 3.63) is 35.2 Å². The molecule has 0 bridgehead atoms. The van der Waals surface area contributed by atoms with Crippen LogP contribution in [-0.2, 0) is 36.3 Å². The lowest BCUT2D eigenvalue weighted by Gasteiger charge is -2.25. The summed E-state index contributed by atoms with van der Waals surface area (Å²) in [5.74, 6) is 1.08. The molecule has 0 aliphatic heterocycles. The van der Waals surface area contributed by atoms with E-state index in [0.717, 1.165) is 0 Å². The molecule has 1 aromatic heterocycles.